The molecule has 0 aromatic carbocycles. The molecule has 0 rings (SSSR count). The van der Waals surface area contributed by atoms with Gasteiger partial charge in [0.15, 0.2) is 0 Å². The molecule has 0 aliphatic carbocycles. The highest BCUT2D eigenvalue weighted by atomic mass is 28.3. The molecule has 0 atom stereocenters. The normalized spacial score (nSPS) is 5.54. The molecule has 3 radical (unpaired) electrons. The van der Waals surface area contributed by atoms with Crippen LogP contribution in [0.4, 0.5) is 0 Å². The van der Waals surface area contributed by atoms with E-state index in [1.165, 1.54) is 0 Å². The number of hydrogen-bond donors (Lipinski definition) is 6. The van der Waals surface area contributed by atoms with Crippen LogP contribution in [0.3, 0.4) is 0 Å². The molecule has 0 saturated carbocycles. The molecule has 13 heteroatoms. The molecule has 75 valence electrons. The van der Waals surface area contributed by atoms with Gasteiger partial charge in [-0.2, -0.15) is 0 Å². The topological polar surface area (TPSA) is 173 Å². The Morgan fingerprint density at radius 1 is 0.538 bits per heavy atom. The van der Waals surface area contributed by atoms with Gasteiger partial charge >= 0.3 is 27.5 Å². The second-order valence-electron chi connectivity index (χ2n) is 0.848. The minimum atomic E-state index is -3.13. The second kappa shape index (κ2) is 17.5. The average Bonchev–Trinajstić information content (AvgIpc) is 1.54. The molecule has 0 aliphatic rings. The van der Waals surface area contributed by atoms with E-state index in [4.69, 9.17) is 42.2 Å². The Hall–Kier alpha value is -0.617. The first kappa shape index (κ1) is 22.8. The first-order valence-electron chi connectivity index (χ1n) is 1.95. The van der Waals surface area contributed by atoms with Gasteiger partial charge in [0, 0.05) is 17.4 Å². The molecule has 0 aromatic heterocycles. The molecular formula is H6AlO9Si3. The summed E-state index contributed by atoms with van der Waals surface area (Å²) in [4.78, 5) is 42.9. The van der Waals surface area contributed by atoms with E-state index in [1.54, 1.807) is 0 Å². The first-order chi connectivity index (χ1) is 5.20. The summed E-state index contributed by atoms with van der Waals surface area (Å²) in [5.41, 5.74) is 0. The molecule has 0 bridgehead atoms. The lowest BCUT2D eigenvalue weighted by Gasteiger charge is -1.55. The van der Waals surface area contributed by atoms with Gasteiger partial charge in [-0.1, -0.05) is 0 Å². The van der Waals surface area contributed by atoms with Crippen molar-refractivity contribution in [1.82, 2.24) is 0 Å². The van der Waals surface area contributed by atoms with Crippen molar-refractivity contribution in [3.8, 4) is 0 Å². The van der Waals surface area contributed by atoms with E-state index in [0.29, 0.717) is 0 Å². The Balaban J connectivity index is -0.0000000450. The minimum absolute atomic E-state index is 0. The summed E-state index contributed by atoms with van der Waals surface area (Å²) >= 11 is 0. The highest BCUT2D eigenvalue weighted by molar-refractivity contribution is 6.22. The predicted molar refractivity (Wildman–Crippen MR) is 38.4 cm³/mol. The van der Waals surface area contributed by atoms with Gasteiger partial charge in [-0.3, -0.25) is 13.4 Å². The van der Waals surface area contributed by atoms with Gasteiger partial charge in [-0.05, 0) is 0 Å². The van der Waals surface area contributed by atoms with E-state index in [-0.39, 0.29) is 17.4 Å². The summed E-state index contributed by atoms with van der Waals surface area (Å²) in [5, 5.41) is 0. The molecular weight excluding hydrogens is 255 g/mol. The highest BCUT2D eigenvalue weighted by Crippen LogP contribution is 1.27. The maximum atomic E-state index is 8.74. The average molecular weight is 261 g/mol. The van der Waals surface area contributed by atoms with Crippen molar-refractivity contribution in [2.24, 2.45) is 0 Å². The lowest BCUT2D eigenvalue weighted by Crippen LogP contribution is -1.90. The van der Waals surface area contributed by atoms with Crippen LogP contribution in [0.15, 0.2) is 0 Å². The Morgan fingerprint density at radius 3 is 0.538 bits per heavy atom. The SMILES string of the molecule is O=[Si](O)O.O=[Si](O)O.O=[Si](O)O.[Al]. The van der Waals surface area contributed by atoms with Crippen LogP contribution in [-0.4, -0.2) is 73.6 Å². The molecule has 0 aromatic rings. The molecule has 0 saturated heterocycles. The largest absolute Gasteiger partial charge is 0.761 e. The van der Waals surface area contributed by atoms with Crippen LogP contribution in [-0.2, 0) is 13.4 Å². The van der Waals surface area contributed by atoms with Crippen molar-refractivity contribution in [2.75, 3.05) is 0 Å². The van der Waals surface area contributed by atoms with Gasteiger partial charge in [0.2, 0.25) is 0 Å². The predicted octanol–water partition coefficient (Wildman–Crippen LogP) is -5.22. The van der Waals surface area contributed by atoms with Crippen molar-refractivity contribution < 1.29 is 42.2 Å². The van der Waals surface area contributed by atoms with E-state index in [2.05, 4.69) is 0 Å². The third-order valence-corrected chi connectivity index (χ3v) is 0. The van der Waals surface area contributed by atoms with Crippen LogP contribution in [0.5, 0.6) is 0 Å². The smallest absolute Gasteiger partial charge is 0.511 e. The standard InChI is InChI=1S/Al.3H2O3Si/c;3*1-4(2)3/h;3*1-2H. The molecule has 0 fully saturated rings. The maximum absolute atomic E-state index is 8.74. The van der Waals surface area contributed by atoms with Crippen LogP contribution >= 0.6 is 0 Å². The zero-order chi connectivity index (χ0) is 10.7. The van der Waals surface area contributed by atoms with Crippen LogP contribution in [0.25, 0.3) is 0 Å². The van der Waals surface area contributed by atoms with Crippen LogP contribution < -0.4 is 0 Å². The van der Waals surface area contributed by atoms with Gasteiger partial charge in [-0.15, -0.1) is 0 Å². The molecule has 0 unspecified atom stereocenters. The van der Waals surface area contributed by atoms with Crippen LogP contribution in [0.1, 0.15) is 0 Å². The van der Waals surface area contributed by atoms with Crippen molar-refractivity contribution in [3.63, 3.8) is 0 Å². The third-order valence-electron chi connectivity index (χ3n) is 0. The summed E-state index contributed by atoms with van der Waals surface area (Å²) < 4.78 is 26.2. The summed E-state index contributed by atoms with van der Waals surface area (Å²) in [6, 6.07) is 0. The first-order valence-corrected chi connectivity index (χ1v) is 5.86. The molecule has 6 N–H and O–H groups in total. The summed E-state index contributed by atoms with van der Waals surface area (Å²) in [5.74, 6) is 0. The highest BCUT2D eigenvalue weighted by Gasteiger charge is 1.85. The van der Waals surface area contributed by atoms with Gasteiger partial charge < -0.3 is 28.8 Å². The Morgan fingerprint density at radius 2 is 0.538 bits per heavy atom. The van der Waals surface area contributed by atoms with E-state index in [0.717, 1.165) is 0 Å². The van der Waals surface area contributed by atoms with E-state index >= 15 is 0 Å². The molecule has 0 amide bonds. The minimum Gasteiger partial charge on any atom is -0.511 e. The molecule has 13 heavy (non-hydrogen) atoms. The van der Waals surface area contributed by atoms with Crippen molar-refractivity contribution in [2.45, 2.75) is 0 Å². The van der Waals surface area contributed by atoms with E-state index in [9.17, 15) is 0 Å². The van der Waals surface area contributed by atoms with E-state index < -0.39 is 27.5 Å². The summed E-state index contributed by atoms with van der Waals surface area (Å²) in [6.07, 6.45) is 0. The summed E-state index contributed by atoms with van der Waals surface area (Å²) in [7, 11) is -9.39. The van der Waals surface area contributed by atoms with Gasteiger partial charge in [-0.25, -0.2) is 0 Å². The monoisotopic (exact) mass is 261 g/mol. The van der Waals surface area contributed by atoms with Gasteiger partial charge in [0.25, 0.3) is 0 Å². The molecule has 0 spiro atoms. The fourth-order valence-electron chi connectivity index (χ4n) is 0. The molecule has 0 heterocycles. The quantitative estimate of drug-likeness (QED) is 0.233. The number of hydrogen-bond acceptors (Lipinski definition) is 3. The third kappa shape index (κ3) is 2630. The zero-order valence-corrected chi connectivity index (χ0v) is 10.1. The maximum Gasteiger partial charge on any atom is 0.761 e. The van der Waals surface area contributed by atoms with Gasteiger partial charge in [0.1, 0.15) is 0 Å². The Kier molecular flexibility index (Phi) is 30.7. The second-order valence-corrected chi connectivity index (χ2v) is 2.54. The summed E-state index contributed by atoms with van der Waals surface area (Å²) in [6.45, 7) is 0. The lowest BCUT2D eigenvalue weighted by molar-refractivity contribution is 0.328. The van der Waals surface area contributed by atoms with Crippen molar-refractivity contribution in [3.05, 3.63) is 0 Å². The van der Waals surface area contributed by atoms with Crippen LogP contribution in [0.2, 0.25) is 0 Å². The number of rotatable bonds is 0. The van der Waals surface area contributed by atoms with Gasteiger partial charge in [0.05, 0.1) is 0 Å². The van der Waals surface area contributed by atoms with Crippen molar-refractivity contribution in [1.29, 1.82) is 0 Å². The Labute approximate surface area is 87.4 Å². The molecule has 9 nitrogen and oxygen atoms in total. The Bertz CT molecular complexity index is 112. The fourth-order valence-corrected chi connectivity index (χ4v) is 0. The fraction of sp³-hybridized carbons (Fsp3) is 0. The zero-order valence-electron chi connectivity index (χ0n) is 5.99. The van der Waals surface area contributed by atoms with Crippen LogP contribution in [0, 0.1) is 0 Å². The van der Waals surface area contributed by atoms with E-state index in [1.807, 2.05) is 0 Å². The molecule has 0 aliphatic heterocycles. The lowest BCUT2D eigenvalue weighted by atomic mass is 15.8. The van der Waals surface area contributed by atoms with Crippen molar-refractivity contribution >= 4 is 44.9 Å².